The second kappa shape index (κ2) is 11.7. The van der Waals surface area contributed by atoms with Gasteiger partial charge in [-0.05, 0) is 43.5 Å². The molecule has 2 amide bonds. The van der Waals surface area contributed by atoms with Gasteiger partial charge in [0.2, 0.25) is 5.91 Å². The fraction of sp³-hybridized carbons (Fsp3) is 0.364. The van der Waals surface area contributed by atoms with Gasteiger partial charge in [0.05, 0.1) is 5.02 Å². The molecule has 2 aromatic rings. The molecule has 1 N–H and O–H groups in total. The summed E-state index contributed by atoms with van der Waals surface area (Å²) in [7, 11) is 0. The van der Waals surface area contributed by atoms with E-state index in [4.69, 9.17) is 27.9 Å². The lowest BCUT2D eigenvalue weighted by Gasteiger charge is -2.28. The van der Waals surface area contributed by atoms with E-state index in [-0.39, 0.29) is 18.4 Å². The molecule has 0 bridgehead atoms. The standard InChI is InChI=1S/C22H26Cl2N2O3/c1-3-12-25-22(28)16(2)26(13-11-17-7-5-4-6-8-17)21(27)15-29-20-10-9-18(23)14-19(20)24/h4-10,14,16H,3,11-13,15H2,1-2H3,(H,25,28)/t16-/m0/s1. The maximum absolute atomic E-state index is 12.9. The summed E-state index contributed by atoms with van der Waals surface area (Å²) in [6.45, 7) is 4.46. The highest BCUT2D eigenvalue weighted by atomic mass is 35.5. The normalized spacial score (nSPS) is 11.6. The number of rotatable bonds is 10. The Morgan fingerprint density at radius 2 is 1.86 bits per heavy atom. The molecular formula is C22H26Cl2N2O3. The zero-order valence-corrected chi connectivity index (χ0v) is 18.2. The highest BCUT2D eigenvalue weighted by Gasteiger charge is 2.26. The lowest BCUT2D eigenvalue weighted by Crippen LogP contribution is -2.50. The number of nitrogens with one attached hydrogen (secondary N) is 1. The van der Waals surface area contributed by atoms with Gasteiger partial charge >= 0.3 is 0 Å². The van der Waals surface area contributed by atoms with E-state index in [2.05, 4.69) is 5.32 Å². The Labute approximate surface area is 181 Å². The first-order valence-electron chi connectivity index (χ1n) is 9.61. The molecule has 29 heavy (non-hydrogen) atoms. The van der Waals surface area contributed by atoms with Gasteiger partial charge in [-0.15, -0.1) is 0 Å². The summed E-state index contributed by atoms with van der Waals surface area (Å²) in [5.41, 5.74) is 1.09. The van der Waals surface area contributed by atoms with Crippen LogP contribution in [0.2, 0.25) is 10.0 Å². The van der Waals surface area contributed by atoms with E-state index < -0.39 is 6.04 Å². The molecule has 0 heterocycles. The molecule has 0 radical (unpaired) electrons. The summed E-state index contributed by atoms with van der Waals surface area (Å²) in [5.74, 6) is -0.0978. The van der Waals surface area contributed by atoms with Gasteiger partial charge in [0.1, 0.15) is 11.8 Å². The summed E-state index contributed by atoms with van der Waals surface area (Å²) < 4.78 is 5.58. The van der Waals surface area contributed by atoms with Crippen LogP contribution in [0.1, 0.15) is 25.8 Å². The number of amides is 2. The largest absolute Gasteiger partial charge is 0.482 e. The van der Waals surface area contributed by atoms with Gasteiger partial charge < -0.3 is 15.0 Å². The van der Waals surface area contributed by atoms with Crippen LogP contribution in [-0.2, 0) is 16.0 Å². The van der Waals surface area contributed by atoms with Crippen molar-refractivity contribution in [2.24, 2.45) is 0 Å². The molecule has 0 saturated carbocycles. The van der Waals surface area contributed by atoms with Crippen LogP contribution < -0.4 is 10.1 Å². The quantitative estimate of drug-likeness (QED) is 0.601. The van der Waals surface area contributed by atoms with Crippen molar-refractivity contribution in [3.05, 3.63) is 64.1 Å². The highest BCUT2D eigenvalue weighted by molar-refractivity contribution is 6.35. The third-order valence-electron chi connectivity index (χ3n) is 4.45. The van der Waals surface area contributed by atoms with Crippen molar-refractivity contribution in [2.75, 3.05) is 19.7 Å². The van der Waals surface area contributed by atoms with Gasteiger partial charge in [-0.1, -0.05) is 60.5 Å². The molecule has 7 heteroatoms. The summed E-state index contributed by atoms with van der Waals surface area (Å²) in [5, 5.41) is 3.66. The van der Waals surface area contributed by atoms with Gasteiger partial charge in [0.15, 0.2) is 6.61 Å². The fourth-order valence-electron chi connectivity index (χ4n) is 2.78. The number of halogens is 2. The zero-order valence-electron chi connectivity index (χ0n) is 16.7. The predicted octanol–water partition coefficient (Wildman–Crippen LogP) is 4.36. The molecule has 5 nitrogen and oxygen atoms in total. The molecule has 0 fully saturated rings. The van der Waals surface area contributed by atoms with Gasteiger partial charge in [0.25, 0.3) is 5.91 Å². The Hall–Kier alpha value is -2.24. The molecular weight excluding hydrogens is 411 g/mol. The van der Waals surface area contributed by atoms with Crippen LogP contribution in [-0.4, -0.2) is 42.5 Å². The number of ether oxygens (including phenoxy) is 1. The third kappa shape index (κ3) is 7.26. The molecule has 0 aliphatic rings. The topological polar surface area (TPSA) is 58.6 Å². The Morgan fingerprint density at radius 3 is 2.52 bits per heavy atom. The number of carbonyl (C=O) groups is 2. The summed E-state index contributed by atoms with van der Waals surface area (Å²) in [6.07, 6.45) is 1.47. The lowest BCUT2D eigenvalue weighted by molar-refractivity contribution is -0.141. The summed E-state index contributed by atoms with van der Waals surface area (Å²) >= 11 is 12.0. The Balaban J connectivity index is 2.07. The SMILES string of the molecule is CCCNC(=O)[C@H](C)N(CCc1ccccc1)C(=O)COc1ccc(Cl)cc1Cl. The molecule has 0 spiro atoms. The summed E-state index contributed by atoms with van der Waals surface area (Å²) in [4.78, 5) is 26.9. The van der Waals surface area contributed by atoms with Crippen LogP contribution in [0, 0.1) is 0 Å². The molecule has 0 aliphatic heterocycles. The van der Waals surface area contributed by atoms with Crippen molar-refractivity contribution in [3.8, 4) is 5.75 Å². The first-order valence-corrected chi connectivity index (χ1v) is 10.4. The lowest BCUT2D eigenvalue weighted by atomic mass is 10.1. The van der Waals surface area contributed by atoms with Crippen molar-refractivity contribution in [1.29, 1.82) is 0 Å². The van der Waals surface area contributed by atoms with Crippen molar-refractivity contribution in [1.82, 2.24) is 10.2 Å². The Bertz CT molecular complexity index is 815. The monoisotopic (exact) mass is 436 g/mol. The minimum atomic E-state index is -0.609. The van der Waals surface area contributed by atoms with Crippen LogP contribution in [0.5, 0.6) is 5.75 Å². The second-order valence-corrected chi connectivity index (χ2v) is 7.50. The van der Waals surface area contributed by atoms with E-state index in [1.807, 2.05) is 37.3 Å². The van der Waals surface area contributed by atoms with E-state index in [1.165, 1.54) is 0 Å². The van der Waals surface area contributed by atoms with Crippen molar-refractivity contribution in [2.45, 2.75) is 32.7 Å². The average Bonchev–Trinajstić information content (AvgIpc) is 2.72. The van der Waals surface area contributed by atoms with Gasteiger partial charge in [0, 0.05) is 18.1 Å². The van der Waals surface area contributed by atoms with Crippen LogP contribution >= 0.6 is 23.2 Å². The van der Waals surface area contributed by atoms with Crippen LogP contribution in [0.15, 0.2) is 48.5 Å². The minimum absolute atomic E-state index is 0.183. The molecule has 0 aliphatic carbocycles. The average molecular weight is 437 g/mol. The molecule has 0 unspecified atom stereocenters. The van der Waals surface area contributed by atoms with Crippen molar-refractivity contribution < 1.29 is 14.3 Å². The minimum Gasteiger partial charge on any atom is -0.482 e. The molecule has 156 valence electrons. The zero-order chi connectivity index (χ0) is 21.2. The van der Waals surface area contributed by atoms with Crippen LogP contribution in [0.4, 0.5) is 0 Å². The first-order chi connectivity index (χ1) is 13.9. The molecule has 2 aromatic carbocycles. The van der Waals surface area contributed by atoms with Crippen molar-refractivity contribution in [3.63, 3.8) is 0 Å². The number of carbonyl (C=O) groups excluding carboxylic acids is 2. The molecule has 0 saturated heterocycles. The maximum atomic E-state index is 12.9. The fourth-order valence-corrected chi connectivity index (χ4v) is 3.24. The van der Waals surface area contributed by atoms with Gasteiger partial charge in [-0.3, -0.25) is 9.59 Å². The van der Waals surface area contributed by atoms with E-state index >= 15 is 0 Å². The van der Waals surface area contributed by atoms with Crippen LogP contribution in [0.25, 0.3) is 0 Å². The molecule has 2 rings (SSSR count). The van der Waals surface area contributed by atoms with Crippen molar-refractivity contribution >= 4 is 35.0 Å². The van der Waals surface area contributed by atoms with Gasteiger partial charge in [-0.2, -0.15) is 0 Å². The third-order valence-corrected chi connectivity index (χ3v) is 4.98. The first kappa shape index (κ1) is 23.0. The number of nitrogens with zero attached hydrogens (tertiary/aromatic N) is 1. The summed E-state index contributed by atoms with van der Waals surface area (Å²) in [6, 6.07) is 14.0. The maximum Gasteiger partial charge on any atom is 0.261 e. The Morgan fingerprint density at radius 1 is 1.14 bits per heavy atom. The van der Waals surface area contributed by atoms with E-state index in [0.717, 1.165) is 12.0 Å². The number of benzene rings is 2. The number of hydrogen-bond acceptors (Lipinski definition) is 3. The number of hydrogen-bond donors (Lipinski definition) is 1. The van der Waals surface area contributed by atoms with E-state index in [9.17, 15) is 9.59 Å². The van der Waals surface area contributed by atoms with E-state index in [1.54, 1.807) is 30.0 Å². The second-order valence-electron chi connectivity index (χ2n) is 6.65. The van der Waals surface area contributed by atoms with Gasteiger partial charge in [-0.25, -0.2) is 0 Å². The van der Waals surface area contributed by atoms with Crippen LogP contribution in [0.3, 0.4) is 0 Å². The molecule has 1 atom stereocenters. The molecule has 0 aromatic heterocycles. The Kier molecular flexibility index (Phi) is 9.29. The van der Waals surface area contributed by atoms with E-state index in [0.29, 0.717) is 35.3 Å². The highest BCUT2D eigenvalue weighted by Crippen LogP contribution is 2.27. The predicted molar refractivity (Wildman–Crippen MR) is 117 cm³/mol. The smallest absolute Gasteiger partial charge is 0.261 e.